The van der Waals surface area contributed by atoms with Gasteiger partial charge in [-0.1, -0.05) is 26.2 Å². The molecule has 2 aliphatic carbocycles. The van der Waals surface area contributed by atoms with E-state index in [1.165, 1.54) is 6.42 Å². The van der Waals surface area contributed by atoms with E-state index in [-0.39, 0.29) is 12.0 Å². The number of carbonyl (C=O) groups is 1. The quantitative estimate of drug-likeness (QED) is 0.731. The highest BCUT2D eigenvalue weighted by molar-refractivity contribution is 5.70. The number of hydrogen-bond acceptors (Lipinski definition) is 3. The van der Waals surface area contributed by atoms with E-state index in [4.69, 9.17) is 5.11 Å². The normalized spacial score (nSPS) is 40.0. The van der Waals surface area contributed by atoms with Crippen molar-refractivity contribution in [1.29, 1.82) is 0 Å². The van der Waals surface area contributed by atoms with Crippen molar-refractivity contribution in [1.82, 2.24) is 5.32 Å². The Morgan fingerprint density at radius 1 is 1.32 bits per heavy atom. The first-order valence-corrected chi connectivity index (χ1v) is 7.67. The number of hydrogen-bond donors (Lipinski definition) is 3. The summed E-state index contributed by atoms with van der Waals surface area (Å²) in [5.74, 6) is -0.277. The molecule has 2 saturated carbocycles. The van der Waals surface area contributed by atoms with Crippen molar-refractivity contribution in [2.45, 2.75) is 69.9 Å². The molecule has 0 amide bonds. The molecule has 0 aromatic carbocycles. The van der Waals surface area contributed by atoms with Gasteiger partial charge in [-0.25, -0.2) is 0 Å². The van der Waals surface area contributed by atoms with Crippen molar-refractivity contribution in [2.24, 2.45) is 11.8 Å². The van der Waals surface area contributed by atoms with Crippen LogP contribution in [0.5, 0.6) is 0 Å². The molecule has 4 heteroatoms. The first-order valence-electron chi connectivity index (χ1n) is 7.67. The van der Waals surface area contributed by atoms with Crippen LogP contribution in [0.4, 0.5) is 0 Å². The molecule has 0 heterocycles. The van der Waals surface area contributed by atoms with Gasteiger partial charge >= 0.3 is 5.97 Å². The van der Waals surface area contributed by atoms with E-state index in [1.807, 2.05) is 0 Å². The molecule has 3 N–H and O–H groups in total. The fraction of sp³-hybridized carbons (Fsp3) is 0.933. The van der Waals surface area contributed by atoms with Crippen LogP contribution in [-0.4, -0.2) is 34.4 Å². The maximum absolute atomic E-state index is 11.0. The molecule has 4 atom stereocenters. The molecule has 110 valence electrons. The first-order chi connectivity index (χ1) is 8.98. The van der Waals surface area contributed by atoms with Gasteiger partial charge < -0.3 is 15.5 Å². The van der Waals surface area contributed by atoms with E-state index >= 15 is 0 Å². The molecule has 2 fully saturated rings. The van der Waals surface area contributed by atoms with E-state index in [1.54, 1.807) is 0 Å². The zero-order chi connectivity index (χ0) is 13.9. The summed E-state index contributed by atoms with van der Waals surface area (Å²) in [6.07, 6.45) is 7.58. The van der Waals surface area contributed by atoms with Gasteiger partial charge in [-0.3, -0.25) is 4.79 Å². The topological polar surface area (TPSA) is 69.6 Å². The summed E-state index contributed by atoms with van der Waals surface area (Å²) in [4.78, 5) is 11.0. The maximum atomic E-state index is 11.0. The minimum Gasteiger partial charge on any atom is -0.481 e. The Labute approximate surface area is 115 Å². The van der Waals surface area contributed by atoms with Crippen LogP contribution in [0.25, 0.3) is 0 Å². The lowest BCUT2D eigenvalue weighted by Crippen LogP contribution is -2.48. The van der Waals surface area contributed by atoms with Crippen molar-refractivity contribution in [3.63, 3.8) is 0 Å². The Hall–Kier alpha value is -0.610. The highest BCUT2D eigenvalue weighted by Gasteiger charge is 2.34. The number of aliphatic hydroxyl groups is 1. The van der Waals surface area contributed by atoms with E-state index < -0.39 is 11.6 Å². The Morgan fingerprint density at radius 2 is 2.11 bits per heavy atom. The van der Waals surface area contributed by atoms with Gasteiger partial charge in [-0.05, 0) is 38.0 Å². The van der Waals surface area contributed by atoms with Crippen molar-refractivity contribution in [3.05, 3.63) is 0 Å². The van der Waals surface area contributed by atoms with Gasteiger partial charge in [0.05, 0.1) is 11.5 Å². The second kappa shape index (κ2) is 6.23. The van der Waals surface area contributed by atoms with E-state index in [0.29, 0.717) is 18.9 Å². The smallest absolute Gasteiger partial charge is 0.306 e. The zero-order valence-corrected chi connectivity index (χ0v) is 11.9. The highest BCUT2D eigenvalue weighted by atomic mass is 16.4. The zero-order valence-electron chi connectivity index (χ0n) is 11.9. The number of aliphatic carboxylic acids is 1. The van der Waals surface area contributed by atoms with Crippen LogP contribution in [-0.2, 0) is 4.79 Å². The summed E-state index contributed by atoms with van der Waals surface area (Å²) in [6, 6.07) is 0.260. The molecular weight excluding hydrogens is 242 g/mol. The fourth-order valence-electron chi connectivity index (χ4n) is 3.73. The Balaban J connectivity index is 1.79. The van der Waals surface area contributed by atoms with Crippen LogP contribution in [0.2, 0.25) is 0 Å². The van der Waals surface area contributed by atoms with Crippen LogP contribution in [0, 0.1) is 11.8 Å². The standard InChI is InChI=1S/C15H27NO3/c1-11-4-3-7-15(19,9-11)10-16-13-6-2-5-12(8-13)14(17)18/h11-13,16,19H,2-10H2,1H3,(H,17,18). The molecule has 4 unspecified atom stereocenters. The van der Waals surface area contributed by atoms with Crippen LogP contribution < -0.4 is 5.32 Å². The van der Waals surface area contributed by atoms with Crippen LogP contribution in [0.1, 0.15) is 58.3 Å². The summed E-state index contributed by atoms with van der Waals surface area (Å²) >= 11 is 0. The number of nitrogens with one attached hydrogen (secondary N) is 1. The molecule has 0 aliphatic heterocycles. The predicted molar refractivity (Wildman–Crippen MR) is 74.0 cm³/mol. The molecule has 0 saturated heterocycles. The van der Waals surface area contributed by atoms with Crippen molar-refractivity contribution < 1.29 is 15.0 Å². The van der Waals surface area contributed by atoms with Gasteiger partial charge in [0.2, 0.25) is 0 Å². The Morgan fingerprint density at radius 3 is 2.79 bits per heavy atom. The molecule has 19 heavy (non-hydrogen) atoms. The summed E-state index contributed by atoms with van der Waals surface area (Å²) in [5.41, 5.74) is -0.576. The minimum atomic E-state index is -0.670. The molecule has 0 bridgehead atoms. The second-order valence-electron chi connectivity index (χ2n) is 6.71. The number of carboxylic acid groups (broad SMARTS) is 1. The molecule has 4 nitrogen and oxygen atoms in total. The van der Waals surface area contributed by atoms with Gasteiger partial charge in [-0.15, -0.1) is 0 Å². The summed E-state index contributed by atoms with van der Waals surface area (Å²) < 4.78 is 0. The first kappa shape index (κ1) is 14.8. The lowest BCUT2D eigenvalue weighted by molar-refractivity contribution is -0.143. The number of rotatable bonds is 4. The summed E-state index contributed by atoms with van der Waals surface area (Å²) in [5, 5.41) is 23.1. The molecule has 0 aromatic rings. The van der Waals surface area contributed by atoms with Gasteiger partial charge in [0.1, 0.15) is 0 Å². The maximum Gasteiger partial charge on any atom is 0.306 e. The van der Waals surface area contributed by atoms with Crippen molar-refractivity contribution in [3.8, 4) is 0 Å². The highest BCUT2D eigenvalue weighted by Crippen LogP contribution is 2.32. The van der Waals surface area contributed by atoms with Gasteiger partial charge in [0, 0.05) is 12.6 Å². The Kier molecular flexibility index (Phi) is 4.85. The second-order valence-corrected chi connectivity index (χ2v) is 6.71. The van der Waals surface area contributed by atoms with E-state index in [0.717, 1.165) is 38.5 Å². The summed E-state index contributed by atoms with van der Waals surface area (Å²) in [7, 11) is 0. The van der Waals surface area contributed by atoms with Crippen LogP contribution in [0.3, 0.4) is 0 Å². The molecule has 2 aliphatic rings. The lowest BCUT2D eigenvalue weighted by atomic mass is 9.78. The summed E-state index contributed by atoms with van der Waals surface area (Å²) in [6.45, 7) is 2.82. The van der Waals surface area contributed by atoms with E-state index in [2.05, 4.69) is 12.2 Å². The molecule has 0 aromatic heterocycles. The van der Waals surface area contributed by atoms with Gasteiger partial charge in [-0.2, -0.15) is 0 Å². The SMILES string of the molecule is CC1CCCC(O)(CNC2CCCC(C(=O)O)C2)C1. The van der Waals surface area contributed by atoms with E-state index in [9.17, 15) is 9.90 Å². The minimum absolute atomic E-state index is 0.203. The third-order valence-corrected chi connectivity index (χ3v) is 4.81. The molecule has 0 radical (unpaired) electrons. The lowest BCUT2D eigenvalue weighted by Gasteiger charge is -2.38. The fourth-order valence-corrected chi connectivity index (χ4v) is 3.73. The average molecular weight is 269 g/mol. The third-order valence-electron chi connectivity index (χ3n) is 4.81. The van der Waals surface area contributed by atoms with Crippen molar-refractivity contribution >= 4 is 5.97 Å². The average Bonchev–Trinajstić information content (AvgIpc) is 2.36. The van der Waals surface area contributed by atoms with Gasteiger partial charge in [0.15, 0.2) is 0 Å². The largest absolute Gasteiger partial charge is 0.481 e. The molecule has 2 rings (SSSR count). The van der Waals surface area contributed by atoms with Crippen LogP contribution >= 0.6 is 0 Å². The van der Waals surface area contributed by atoms with Crippen LogP contribution in [0.15, 0.2) is 0 Å². The van der Waals surface area contributed by atoms with Crippen molar-refractivity contribution in [2.75, 3.05) is 6.54 Å². The molecule has 0 spiro atoms. The molecular formula is C15H27NO3. The number of carboxylic acids is 1. The van der Waals surface area contributed by atoms with Gasteiger partial charge in [0.25, 0.3) is 0 Å². The predicted octanol–water partition coefficient (Wildman–Crippen LogP) is 2.16. The Bertz CT molecular complexity index is 321. The monoisotopic (exact) mass is 269 g/mol. The third kappa shape index (κ3) is 4.18.